The molecule has 1 aliphatic rings. The summed E-state index contributed by atoms with van der Waals surface area (Å²) in [5.74, 6) is 0. The van der Waals surface area contributed by atoms with E-state index in [9.17, 15) is 0 Å². The van der Waals surface area contributed by atoms with Gasteiger partial charge in [-0.2, -0.15) is 0 Å². The molecule has 0 aromatic carbocycles. The molecule has 1 heterocycles. The molecule has 1 atom stereocenters. The normalized spacial score (nSPS) is 17.4. The summed E-state index contributed by atoms with van der Waals surface area (Å²) >= 11 is 1.86. The number of thiophene rings is 1. The fraction of sp³-hybridized carbons (Fsp3) is 0.571. The van der Waals surface area contributed by atoms with E-state index in [1.165, 1.54) is 30.6 Å². The van der Waals surface area contributed by atoms with Gasteiger partial charge in [0.15, 0.2) is 0 Å². The van der Waals surface area contributed by atoms with E-state index in [2.05, 4.69) is 35.8 Å². The van der Waals surface area contributed by atoms with Gasteiger partial charge < -0.3 is 5.32 Å². The lowest BCUT2D eigenvalue weighted by Crippen LogP contribution is -2.28. The first-order chi connectivity index (χ1) is 7.84. The van der Waals surface area contributed by atoms with E-state index < -0.39 is 0 Å². The second-order valence-corrected chi connectivity index (χ2v) is 5.68. The molecule has 88 valence electrons. The SMILES string of the molecule is CC(Cc1cccs1)NCCC1=CCCC1. The van der Waals surface area contributed by atoms with Crippen molar-refractivity contribution >= 4 is 11.3 Å². The molecule has 0 spiro atoms. The van der Waals surface area contributed by atoms with Crippen molar-refractivity contribution in [3.8, 4) is 0 Å². The molecule has 1 unspecified atom stereocenters. The average molecular weight is 235 g/mol. The van der Waals surface area contributed by atoms with Gasteiger partial charge >= 0.3 is 0 Å². The second kappa shape index (κ2) is 6.21. The Balaban J connectivity index is 1.62. The molecule has 0 amide bonds. The Morgan fingerprint density at radius 2 is 2.44 bits per heavy atom. The molecule has 2 rings (SSSR count). The molecule has 0 bridgehead atoms. The third-order valence-corrected chi connectivity index (χ3v) is 4.06. The average Bonchev–Trinajstić information content (AvgIpc) is 2.90. The maximum Gasteiger partial charge on any atom is 0.00871 e. The molecule has 1 aromatic rings. The highest BCUT2D eigenvalue weighted by Gasteiger charge is 2.06. The summed E-state index contributed by atoms with van der Waals surface area (Å²) in [4.78, 5) is 1.49. The second-order valence-electron chi connectivity index (χ2n) is 4.64. The molecule has 0 saturated heterocycles. The summed E-state index contributed by atoms with van der Waals surface area (Å²) in [6.07, 6.45) is 8.85. The predicted molar refractivity (Wildman–Crippen MR) is 72.0 cm³/mol. The van der Waals surface area contributed by atoms with Crippen LogP contribution in [0, 0.1) is 0 Å². The van der Waals surface area contributed by atoms with E-state index in [-0.39, 0.29) is 0 Å². The Morgan fingerprint density at radius 3 is 3.12 bits per heavy atom. The molecule has 1 N–H and O–H groups in total. The van der Waals surface area contributed by atoms with Crippen LogP contribution in [-0.2, 0) is 6.42 Å². The van der Waals surface area contributed by atoms with Crippen molar-refractivity contribution in [2.24, 2.45) is 0 Å². The quantitative estimate of drug-likeness (QED) is 0.740. The van der Waals surface area contributed by atoms with Gasteiger partial charge in [-0.05, 0) is 57.0 Å². The van der Waals surface area contributed by atoms with Crippen LogP contribution < -0.4 is 5.32 Å². The Labute approximate surface area is 103 Å². The number of nitrogens with one attached hydrogen (secondary N) is 1. The molecule has 1 nitrogen and oxygen atoms in total. The maximum absolute atomic E-state index is 3.61. The standard InChI is InChI=1S/C14H21NS/c1-12(11-14-7-4-10-16-14)15-9-8-13-5-2-3-6-13/h4-5,7,10,12,15H,2-3,6,8-9,11H2,1H3. The fourth-order valence-corrected chi connectivity index (χ4v) is 3.08. The van der Waals surface area contributed by atoms with E-state index >= 15 is 0 Å². The molecule has 0 fully saturated rings. The maximum atomic E-state index is 3.61. The van der Waals surface area contributed by atoms with Crippen LogP contribution in [0.5, 0.6) is 0 Å². The zero-order valence-corrected chi connectivity index (χ0v) is 10.9. The number of allylic oxidation sites excluding steroid dienone is 1. The molecule has 16 heavy (non-hydrogen) atoms. The topological polar surface area (TPSA) is 12.0 Å². The zero-order chi connectivity index (χ0) is 11.2. The number of hydrogen-bond donors (Lipinski definition) is 1. The summed E-state index contributed by atoms with van der Waals surface area (Å²) in [5.41, 5.74) is 1.66. The van der Waals surface area contributed by atoms with E-state index in [1.807, 2.05) is 11.3 Å². The van der Waals surface area contributed by atoms with Crippen LogP contribution in [0.2, 0.25) is 0 Å². The molecule has 0 aliphatic heterocycles. The van der Waals surface area contributed by atoms with Crippen molar-refractivity contribution in [1.29, 1.82) is 0 Å². The van der Waals surface area contributed by atoms with Crippen LogP contribution in [0.1, 0.15) is 37.5 Å². The van der Waals surface area contributed by atoms with E-state index in [0.29, 0.717) is 6.04 Å². The highest BCUT2D eigenvalue weighted by Crippen LogP contribution is 2.19. The minimum Gasteiger partial charge on any atom is -0.314 e. The predicted octanol–water partition coefficient (Wildman–Crippen LogP) is 3.77. The van der Waals surface area contributed by atoms with Crippen LogP contribution >= 0.6 is 11.3 Å². The van der Waals surface area contributed by atoms with Crippen LogP contribution in [-0.4, -0.2) is 12.6 Å². The van der Waals surface area contributed by atoms with Gasteiger partial charge in [0.2, 0.25) is 0 Å². The van der Waals surface area contributed by atoms with Gasteiger partial charge in [-0.3, -0.25) is 0 Å². The first-order valence-corrected chi connectivity index (χ1v) is 7.16. The summed E-state index contributed by atoms with van der Waals surface area (Å²) < 4.78 is 0. The Kier molecular flexibility index (Phi) is 4.61. The van der Waals surface area contributed by atoms with Crippen LogP contribution in [0.25, 0.3) is 0 Å². The minimum absolute atomic E-state index is 0.598. The lowest BCUT2D eigenvalue weighted by molar-refractivity contribution is 0.548. The molecule has 1 aliphatic carbocycles. The first kappa shape index (κ1) is 11.9. The van der Waals surface area contributed by atoms with Crippen molar-refractivity contribution < 1.29 is 0 Å². The summed E-state index contributed by atoms with van der Waals surface area (Å²) in [5, 5.41) is 5.77. The summed E-state index contributed by atoms with van der Waals surface area (Å²) in [7, 11) is 0. The number of rotatable bonds is 6. The third kappa shape index (κ3) is 3.76. The molecular weight excluding hydrogens is 214 g/mol. The Morgan fingerprint density at radius 1 is 1.50 bits per heavy atom. The third-order valence-electron chi connectivity index (χ3n) is 3.16. The minimum atomic E-state index is 0.598. The van der Waals surface area contributed by atoms with Gasteiger partial charge in [-0.1, -0.05) is 17.7 Å². The van der Waals surface area contributed by atoms with Crippen molar-refractivity contribution in [2.45, 2.75) is 45.1 Å². The van der Waals surface area contributed by atoms with Gasteiger partial charge in [-0.25, -0.2) is 0 Å². The van der Waals surface area contributed by atoms with Gasteiger partial charge in [0.25, 0.3) is 0 Å². The summed E-state index contributed by atoms with van der Waals surface area (Å²) in [6.45, 7) is 3.42. The lowest BCUT2D eigenvalue weighted by atomic mass is 10.1. The van der Waals surface area contributed by atoms with Crippen LogP contribution in [0.3, 0.4) is 0 Å². The lowest BCUT2D eigenvalue weighted by Gasteiger charge is -2.12. The summed E-state index contributed by atoms with van der Waals surface area (Å²) in [6, 6.07) is 4.96. The highest BCUT2D eigenvalue weighted by atomic mass is 32.1. The number of hydrogen-bond acceptors (Lipinski definition) is 2. The van der Waals surface area contributed by atoms with Crippen molar-refractivity contribution in [3.63, 3.8) is 0 Å². The van der Waals surface area contributed by atoms with E-state index in [4.69, 9.17) is 0 Å². The van der Waals surface area contributed by atoms with Gasteiger partial charge in [0, 0.05) is 10.9 Å². The van der Waals surface area contributed by atoms with Gasteiger partial charge in [0.1, 0.15) is 0 Å². The first-order valence-electron chi connectivity index (χ1n) is 6.28. The zero-order valence-electron chi connectivity index (χ0n) is 10.0. The van der Waals surface area contributed by atoms with Crippen molar-refractivity contribution in [2.75, 3.05) is 6.54 Å². The fourth-order valence-electron chi connectivity index (χ4n) is 2.25. The Bertz CT molecular complexity index is 327. The largest absolute Gasteiger partial charge is 0.314 e. The molecule has 2 heteroatoms. The molecule has 0 radical (unpaired) electrons. The van der Waals surface area contributed by atoms with E-state index in [0.717, 1.165) is 13.0 Å². The monoisotopic (exact) mass is 235 g/mol. The van der Waals surface area contributed by atoms with Crippen LogP contribution in [0.4, 0.5) is 0 Å². The van der Waals surface area contributed by atoms with Crippen LogP contribution in [0.15, 0.2) is 29.2 Å². The molecule has 0 saturated carbocycles. The highest BCUT2D eigenvalue weighted by molar-refractivity contribution is 7.09. The molecule has 1 aromatic heterocycles. The Hall–Kier alpha value is -0.600. The van der Waals surface area contributed by atoms with Gasteiger partial charge in [0.05, 0.1) is 0 Å². The van der Waals surface area contributed by atoms with Crippen molar-refractivity contribution in [3.05, 3.63) is 34.0 Å². The van der Waals surface area contributed by atoms with E-state index in [1.54, 1.807) is 5.57 Å². The van der Waals surface area contributed by atoms with Gasteiger partial charge in [-0.15, -0.1) is 11.3 Å². The molecular formula is C14H21NS. The van der Waals surface area contributed by atoms with Crippen molar-refractivity contribution in [1.82, 2.24) is 5.32 Å². The smallest absolute Gasteiger partial charge is 0.00871 e.